The number of allylic oxidation sites excluding steroid dienone is 1. The first-order valence-electron chi connectivity index (χ1n) is 4.36. The molecular weight excluding hydrogens is 180 g/mol. The molecule has 0 fully saturated rings. The molecule has 0 aromatic heterocycles. The fraction of sp³-hybridized carbons (Fsp3) is 0.182. The van der Waals surface area contributed by atoms with Crippen molar-refractivity contribution in [2.75, 3.05) is 0 Å². The first kappa shape index (κ1) is 10.3. The number of carboxylic acid groups (broad SMARTS) is 1. The third kappa shape index (κ3) is 2.62. The maximum atomic E-state index is 10.5. The van der Waals surface area contributed by atoms with Crippen molar-refractivity contribution >= 4 is 11.5 Å². The molecule has 0 aliphatic heterocycles. The Labute approximate surface area is 82.3 Å². The Morgan fingerprint density at radius 1 is 1.50 bits per heavy atom. The van der Waals surface area contributed by atoms with Crippen molar-refractivity contribution in [1.82, 2.24) is 0 Å². The van der Waals surface area contributed by atoms with Gasteiger partial charge in [-0.2, -0.15) is 0 Å². The molecule has 1 rings (SSSR count). The Morgan fingerprint density at radius 3 is 2.71 bits per heavy atom. The predicted octanol–water partition coefficient (Wildman–Crippen LogP) is 2.27. The molecule has 3 nitrogen and oxygen atoms in total. The number of phenolic OH excluding ortho intramolecular Hbond substituents is 1. The van der Waals surface area contributed by atoms with Crippen LogP contribution in [0.15, 0.2) is 30.3 Å². The summed E-state index contributed by atoms with van der Waals surface area (Å²) in [5.41, 5.74) is 1.45. The number of aromatic hydroxyl groups is 1. The van der Waals surface area contributed by atoms with Gasteiger partial charge < -0.3 is 10.2 Å². The number of phenols is 1. The standard InChI is InChI=1S/C11H12O3/c1-2-8(7-11(13)14)9-4-3-5-10(12)6-9/h3-7,12H,2H2,1H3,(H,13,14). The van der Waals surface area contributed by atoms with Gasteiger partial charge in [0, 0.05) is 6.08 Å². The summed E-state index contributed by atoms with van der Waals surface area (Å²) in [5.74, 6) is -0.822. The van der Waals surface area contributed by atoms with Crippen molar-refractivity contribution in [2.24, 2.45) is 0 Å². The first-order valence-corrected chi connectivity index (χ1v) is 4.36. The first-order chi connectivity index (χ1) is 6.63. The van der Waals surface area contributed by atoms with Gasteiger partial charge in [0.2, 0.25) is 0 Å². The lowest BCUT2D eigenvalue weighted by molar-refractivity contribution is -0.131. The second kappa shape index (κ2) is 4.46. The van der Waals surface area contributed by atoms with E-state index in [1.807, 2.05) is 6.92 Å². The molecule has 0 unspecified atom stereocenters. The van der Waals surface area contributed by atoms with E-state index in [-0.39, 0.29) is 5.75 Å². The van der Waals surface area contributed by atoms with E-state index < -0.39 is 5.97 Å². The fourth-order valence-electron chi connectivity index (χ4n) is 1.24. The maximum Gasteiger partial charge on any atom is 0.328 e. The highest BCUT2D eigenvalue weighted by atomic mass is 16.4. The van der Waals surface area contributed by atoms with Gasteiger partial charge in [0.05, 0.1) is 0 Å². The van der Waals surface area contributed by atoms with Crippen LogP contribution in [0.4, 0.5) is 0 Å². The zero-order chi connectivity index (χ0) is 10.6. The molecule has 0 radical (unpaired) electrons. The third-order valence-corrected chi connectivity index (χ3v) is 1.90. The maximum absolute atomic E-state index is 10.5. The largest absolute Gasteiger partial charge is 0.508 e. The molecule has 0 bridgehead atoms. The van der Waals surface area contributed by atoms with E-state index in [0.717, 1.165) is 11.6 Å². The summed E-state index contributed by atoms with van der Waals surface area (Å²) < 4.78 is 0. The van der Waals surface area contributed by atoms with Crippen molar-refractivity contribution < 1.29 is 15.0 Å². The summed E-state index contributed by atoms with van der Waals surface area (Å²) in [4.78, 5) is 10.5. The molecule has 0 spiro atoms. The Kier molecular flexibility index (Phi) is 3.29. The second-order valence-electron chi connectivity index (χ2n) is 2.91. The average molecular weight is 192 g/mol. The molecule has 3 heteroatoms. The number of hydrogen-bond donors (Lipinski definition) is 2. The number of aliphatic carboxylic acids is 1. The lowest BCUT2D eigenvalue weighted by Crippen LogP contribution is -1.91. The minimum atomic E-state index is -0.967. The minimum Gasteiger partial charge on any atom is -0.508 e. The van der Waals surface area contributed by atoms with Gasteiger partial charge in [0.1, 0.15) is 5.75 Å². The van der Waals surface area contributed by atoms with E-state index in [9.17, 15) is 9.90 Å². The predicted molar refractivity (Wildman–Crippen MR) is 54.0 cm³/mol. The SMILES string of the molecule is CCC(=CC(=O)O)c1cccc(O)c1. The molecule has 0 atom stereocenters. The van der Waals surface area contributed by atoms with Crippen LogP contribution < -0.4 is 0 Å². The molecule has 0 saturated heterocycles. The molecule has 14 heavy (non-hydrogen) atoms. The minimum absolute atomic E-state index is 0.146. The lowest BCUT2D eigenvalue weighted by atomic mass is 10.0. The molecule has 0 aliphatic rings. The van der Waals surface area contributed by atoms with Crippen molar-refractivity contribution in [1.29, 1.82) is 0 Å². The quantitative estimate of drug-likeness (QED) is 0.722. The number of carboxylic acids is 1. The zero-order valence-corrected chi connectivity index (χ0v) is 7.90. The van der Waals surface area contributed by atoms with Crippen LogP contribution >= 0.6 is 0 Å². The summed E-state index contributed by atoms with van der Waals surface area (Å²) in [5, 5.41) is 17.8. The van der Waals surface area contributed by atoms with Crippen LogP contribution in [-0.4, -0.2) is 16.2 Å². The topological polar surface area (TPSA) is 57.5 Å². The van der Waals surface area contributed by atoms with Crippen molar-refractivity contribution in [3.8, 4) is 5.75 Å². The van der Waals surface area contributed by atoms with Gasteiger partial charge in [0.15, 0.2) is 0 Å². The molecule has 0 aliphatic carbocycles. The molecular formula is C11H12O3. The summed E-state index contributed by atoms with van der Waals surface area (Å²) in [6.07, 6.45) is 1.78. The van der Waals surface area contributed by atoms with Crippen LogP contribution in [0.3, 0.4) is 0 Å². The van der Waals surface area contributed by atoms with Crippen LogP contribution in [0.2, 0.25) is 0 Å². The second-order valence-corrected chi connectivity index (χ2v) is 2.91. The summed E-state index contributed by atoms with van der Waals surface area (Å²) in [6.45, 7) is 1.87. The smallest absolute Gasteiger partial charge is 0.328 e. The molecule has 2 N–H and O–H groups in total. The van der Waals surface area contributed by atoms with Gasteiger partial charge in [-0.05, 0) is 29.7 Å². The number of carbonyl (C=O) groups is 1. The van der Waals surface area contributed by atoms with E-state index in [2.05, 4.69) is 0 Å². The van der Waals surface area contributed by atoms with E-state index >= 15 is 0 Å². The molecule has 0 saturated carbocycles. The highest BCUT2D eigenvalue weighted by molar-refractivity contribution is 5.90. The van der Waals surface area contributed by atoms with E-state index in [4.69, 9.17) is 5.11 Å². The molecule has 1 aromatic rings. The van der Waals surface area contributed by atoms with E-state index in [0.29, 0.717) is 12.0 Å². The van der Waals surface area contributed by atoms with Gasteiger partial charge in [-0.25, -0.2) is 4.79 Å². The number of hydrogen-bond acceptors (Lipinski definition) is 2. The van der Waals surface area contributed by atoms with Gasteiger partial charge in [-0.3, -0.25) is 0 Å². The molecule has 0 amide bonds. The summed E-state index contributed by atoms with van der Waals surface area (Å²) >= 11 is 0. The number of benzene rings is 1. The van der Waals surface area contributed by atoms with Crippen LogP contribution in [-0.2, 0) is 4.79 Å². The van der Waals surface area contributed by atoms with Gasteiger partial charge >= 0.3 is 5.97 Å². The molecule has 0 heterocycles. The Morgan fingerprint density at radius 2 is 2.21 bits per heavy atom. The highest BCUT2D eigenvalue weighted by Crippen LogP contribution is 2.21. The van der Waals surface area contributed by atoms with Crippen molar-refractivity contribution in [3.05, 3.63) is 35.9 Å². The number of rotatable bonds is 3. The van der Waals surface area contributed by atoms with Crippen molar-refractivity contribution in [3.63, 3.8) is 0 Å². The van der Waals surface area contributed by atoms with Crippen LogP contribution in [0, 0.1) is 0 Å². The average Bonchev–Trinajstić information content (AvgIpc) is 2.14. The third-order valence-electron chi connectivity index (χ3n) is 1.90. The van der Waals surface area contributed by atoms with Crippen LogP contribution in [0.5, 0.6) is 5.75 Å². The summed E-state index contributed by atoms with van der Waals surface area (Å²) in [6, 6.07) is 6.57. The fourth-order valence-corrected chi connectivity index (χ4v) is 1.24. The van der Waals surface area contributed by atoms with Gasteiger partial charge in [0.25, 0.3) is 0 Å². The Bertz CT molecular complexity index is 367. The normalized spacial score (nSPS) is 11.4. The van der Waals surface area contributed by atoms with Gasteiger partial charge in [-0.1, -0.05) is 19.1 Å². The van der Waals surface area contributed by atoms with Crippen LogP contribution in [0.1, 0.15) is 18.9 Å². The summed E-state index contributed by atoms with van der Waals surface area (Å²) in [7, 11) is 0. The molecule has 74 valence electrons. The Balaban J connectivity index is 3.07. The highest BCUT2D eigenvalue weighted by Gasteiger charge is 2.02. The molecule has 1 aromatic carbocycles. The van der Waals surface area contributed by atoms with Crippen LogP contribution in [0.25, 0.3) is 5.57 Å². The monoisotopic (exact) mass is 192 g/mol. The Hall–Kier alpha value is -1.77. The van der Waals surface area contributed by atoms with E-state index in [1.165, 1.54) is 0 Å². The zero-order valence-electron chi connectivity index (χ0n) is 7.90. The van der Waals surface area contributed by atoms with Gasteiger partial charge in [-0.15, -0.1) is 0 Å². The van der Waals surface area contributed by atoms with Crippen molar-refractivity contribution in [2.45, 2.75) is 13.3 Å². The lowest BCUT2D eigenvalue weighted by Gasteiger charge is -2.03. The van der Waals surface area contributed by atoms with E-state index in [1.54, 1.807) is 24.3 Å².